The second-order valence-electron chi connectivity index (χ2n) is 10.7. The van der Waals surface area contributed by atoms with E-state index in [1.54, 1.807) is 19.1 Å². The van der Waals surface area contributed by atoms with Crippen molar-refractivity contribution >= 4 is 41.9 Å². The molecular weight excluding hydrogens is 610 g/mol. The summed E-state index contributed by atoms with van der Waals surface area (Å²) in [5.74, 6) is -4.23. The van der Waals surface area contributed by atoms with Crippen molar-refractivity contribution in [3.05, 3.63) is 29.3 Å². The van der Waals surface area contributed by atoms with Gasteiger partial charge in [-0.25, -0.2) is 15.5 Å². The third kappa shape index (κ3) is 9.59. The van der Waals surface area contributed by atoms with Gasteiger partial charge in [-0.05, 0) is 44.2 Å². The van der Waals surface area contributed by atoms with E-state index in [0.717, 1.165) is 5.01 Å². The maximum Gasteiger partial charge on any atom is 0.305 e. The molecule has 2 heterocycles. The van der Waals surface area contributed by atoms with Crippen LogP contribution in [0.3, 0.4) is 0 Å². The van der Waals surface area contributed by atoms with E-state index in [2.05, 4.69) is 26.4 Å². The lowest BCUT2D eigenvalue weighted by molar-refractivity contribution is -0.151. The fraction of sp³-hybridized carbons (Fsp3) is 0.536. The number of aliphatic hydroxyl groups excluding tert-OH is 1. The van der Waals surface area contributed by atoms with Gasteiger partial charge >= 0.3 is 5.97 Å². The smallest absolute Gasteiger partial charge is 0.305 e. The summed E-state index contributed by atoms with van der Waals surface area (Å²) >= 11 is 0. The van der Waals surface area contributed by atoms with Gasteiger partial charge < -0.3 is 36.0 Å². The molecule has 4 unspecified atom stereocenters. The SMILES string of the molecule is Cc1cccc(O)c1C1=NC(C(=O)NC(CO)C(=O)NC(CCCN(O)C=O)C(=O)N2NCCCC2C(=O)NCCC(=O)O)CO1. The lowest BCUT2D eigenvalue weighted by Crippen LogP contribution is -2.64. The lowest BCUT2D eigenvalue weighted by atomic mass is 10.0. The Hall–Kier alpha value is -4.81. The minimum atomic E-state index is -1.53. The molecule has 18 heteroatoms. The summed E-state index contributed by atoms with van der Waals surface area (Å²) in [7, 11) is 0. The number of aromatic hydroxyl groups is 1. The molecule has 8 N–H and O–H groups in total. The molecule has 0 aromatic heterocycles. The highest BCUT2D eigenvalue weighted by atomic mass is 16.5. The number of amides is 5. The van der Waals surface area contributed by atoms with Crippen LogP contribution in [0, 0.1) is 6.92 Å². The highest BCUT2D eigenvalue weighted by Crippen LogP contribution is 2.24. The zero-order valence-electron chi connectivity index (χ0n) is 25.2. The number of phenolic OH excluding ortho intramolecular Hbond substituents is 1. The monoisotopic (exact) mass is 649 g/mol. The summed E-state index contributed by atoms with van der Waals surface area (Å²) in [4.78, 5) is 78.5. The molecule has 1 saturated heterocycles. The third-order valence-electron chi connectivity index (χ3n) is 7.28. The minimum Gasteiger partial charge on any atom is -0.507 e. The molecule has 252 valence electrons. The van der Waals surface area contributed by atoms with Gasteiger partial charge in [0.1, 0.15) is 30.5 Å². The largest absolute Gasteiger partial charge is 0.507 e. The molecule has 1 fully saturated rings. The number of aliphatic hydroxyl groups is 1. The summed E-state index contributed by atoms with van der Waals surface area (Å²) in [5, 5.41) is 47.2. The average molecular weight is 650 g/mol. The Kier molecular flexibility index (Phi) is 13.2. The van der Waals surface area contributed by atoms with E-state index in [1.165, 1.54) is 6.07 Å². The van der Waals surface area contributed by atoms with Crippen molar-refractivity contribution in [2.24, 2.45) is 4.99 Å². The molecule has 0 saturated carbocycles. The van der Waals surface area contributed by atoms with Crippen molar-refractivity contribution < 1.29 is 54.0 Å². The average Bonchev–Trinajstić information content (AvgIpc) is 3.52. The number of phenols is 1. The van der Waals surface area contributed by atoms with Crippen LogP contribution in [0.15, 0.2) is 23.2 Å². The normalized spacial score (nSPS) is 18.8. The number of hydrogen-bond acceptors (Lipinski definition) is 12. The summed E-state index contributed by atoms with van der Waals surface area (Å²) in [6.07, 6.45) is 0.529. The first-order valence-electron chi connectivity index (χ1n) is 14.6. The van der Waals surface area contributed by atoms with Gasteiger partial charge in [-0.3, -0.25) is 39.0 Å². The van der Waals surface area contributed by atoms with Crippen LogP contribution >= 0.6 is 0 Å². The van der Waals surface area contributed by atoms with Gasteiger partial charge in [0, 0.05) is 19.6 Å². The Morgan fingerprint density at radius 2 is 1.96 bits per heavy atom. The molecule has 2 aliphatic heterocycles. The Balaban J connectivity index is 1.72. The number of aliphatic imine (C=N–C) groups is 1. The molecule has 0 aliphatic carbocycles. The van der Waals surface area contributed by atoms with Crippen LogP contribution in [-0.4, -0.2) is 130 Å². The predicted octanol–water partition coefficient (Wildman–Crippen LogP) is -2.48. The number of hydroxylamine groups is 2. The second-order valence-corrected chi connectivity index (χ2v) is 10.7. The molecule has 3 rings (SSSR count). The number of nitrogens with zero attached hydrogens (tertiary/aromatic N) is 3. The van der Waals surface area contributed by atoms with Crippen LogP contribution in [0.4, 0.5) is 0 Å². The van der Waals surface area contributed by atoms with Crippen LogP contribution in [0.2, 0.25) is 0 Å². The fourth-order valence-electron chi connectivity index (χ4n) is 4.87. The van der Waals surface area contributed by atoms with E-state index in [9.17, 15) is 44.2 Å². The lowest BCUT2D eigenvalue weighted by Gasteiger charge is -2.37. The van der Waals surface area contributed by atoms with Crippen LogP contribution in [0.25, 0.3) is 0 Å². The number of rotatable bonds is 16. The topological polar surface area (TPSA) is 260 Å². The number of hydrazine groups is 1. The number of carboxylic acid groups (broad SMARTS) is 1. The highest BCUT2D eigenvalue weighted by molar-refractivity contribution is 6.02. The van der Waals surface area contributed by atoms with Crippen molar-refractivity contribution in [2.75, 3.05) is 32.8 Å². The molecule has 0 bridgehead atoms. The maximum absolute atomic E-state index is 13.7. The minimum absolute atomic E-state index is 0.0358. The molecule has 0 radical (unpaired) electrons. The maximum atomic E-state index is 13.7. The van der Waals surface area contributed by atoms with Gasteiger partial charge in [-0.1, -0.05) is 12.1 Å². The van der Waals surface area contributed by atoms with Crippen LogP contribution in [0.5, 0.6) is 5.75 Å². The molecule has 1 aromatic rings. The number of nitrogens with one attached hydrogen (secondary N) is 4. The molecule has 5 amide bonds. The number of carboxylic acids is 1. The number of aliphatic carboxylic acids is 1. The van der Waals surface area contributed by atoms with E-state index in [1.807, 2.05) is 0 Å². The van der Waals surface area contributed by atoms with Gasteiger partial charge in [0.05, 0.1) is 18.6 Å². The quantitative estimate of drug-likeness (QED) is 0.0526. The molecular formula is C28H39N7O11. The van der Waals surface area contributed by atoms with Gasteiger partial charge in [0.25, 0.3) is 5.91 Å². The summed E-state index contributed by atoms with van der Waals surface area (Å²) in [6, 6.07) is -0.195. The molecule has 1 aromatic carbocycles. The fourth-order valence-corrected chi connectivity index (χ4v) is 4.87. The van der Waals surface area contributed by atoms with E-state index in [4.69, 9.17) is 9.84 Å². The number of carbonyl (C=O) groups excluding carboxylic acids is 5. The first kappa shape index (κ1) is 35.7. The number of carbonyl (C=O) groups is 6. The first-order valence-corrected chi connectivity index (χ1v) is 14.6. The molecule has 2 aliphatic rings. The van der Waals surface area contributed by atoms with Crippen molar-refractivity contribution in [3.8, 4) is 5.75 Å². The first-order chi connectivity index (χ1) is 22.0. The summed E-state index contributed by atoms with van der Waals surface area (Å²) in [5.41, 5.74) is 3.79. The zero-order chi connectivity index (χ0) is 33.8. The molecule has 4 atom stereocenters. The number of hydrogen-bond donors (Lipinski definition) is 8. The summed E-state index contributed by atoms with van der Waals surface area (Å²) in [6.45, 7) is 0.653. The summed E-state index contributed by atoms with van der Waals surface area (Å²) < 4.78 is 5.51. The molecule has 46 heavy (non-hydrogen) atoms. The second kappa shape index (κ2) is 17.0. The van der Waals surface area contributed by atoms with Crippen LogP contribution in [0.1, 0.15) is 43.2 Å². The van der Waals surface area contributed by atoms with E-state index in [0.29, 0.717) is 29.2 Å². The Morgan fingerprint density at radius 3 is 2.63 bits per heavy atom. The number of aryl methyl sites for hydroxylation is 1. The van der Waals surface area contributed by atoms with Crippen molar-refractivity contribution in [2.45, 2.75) is 63.2 Å². The van der Waals surface area contributed by atoms with E-state index >= 15 is 0 Å². The zero-order valence-corrected chi connectivity index (χ0v) is 25.2. The van der Waals surface area contributed by atoms with E-state index < -0.39 is 60.4 Å². The van der Waals surface area contributed by atoms with Gasteiger partial charge in [-0.2, -0.15) is 0 Å². The Morgan fingerprint density at radius 1 is 1.20 bits per heavy atom. The standard InChI is InChI=1S/C28H39N7O11/c1-16-5-2-8-21(38)23(16)27-33-19(14-46-27)25(42)32-18(13-36)24(41)31-17(6-4-12-34(45)15-37)28(44)35-20(7-3-10-30-35)26(43)29-11-9-22(39)40/h2,5,8,15,17-20,30,36,38,45H,3-4,6-7,9-14H2,1H3,(H,29,43)(H,31,41)(H,32,42)(H,39,40). The molecule has 0 spiro atoms. The number of benzene rings is 1. The van der Waals surface area contributed by atoms with Crippen LogP contribution in [-0.2, 0) is 33.5 Å². The molecule has 18 nitrogen and oxygen atoms in total. The van der Waals surface area contributed by atoms with Gasteiger partial charge in [0.15, 0.2) is 6.04 Å². The predicted molar refractivity (Wildman–Crippen MR) is 157 cm³/mol. The van der Waals surface area contributed by atoms with Gasteiger partial charge in [0.2, 0.25) is 30.0 Å². The number of ether oxygens (including phenoxy) is 1. The highest BCUT2D eigenvalue weighted by Gasteiger charge is 2.38. The Bertz CT molecular complexity index is 1300. The van der Waals surface area contributed by atoms with E-state index in [-0.39, 0.29) is 63.4 Å². The van der Waals surface area contributed by atoms with Crippen molar-refractivity contribution in [1.82, 2.24) is 31.4 Å². The van der Waals surface area contributed by atoms with Gasteiger partial charge in [-0.15, -0.1) is 0 Å². The third-order valence-corrected chi connectivity index (χ3v) is 7.28. The van der Waals surface area contributed by atoms with Crippen molar-refractivity contribution in [1.29, 1.82) is 0 Å². The van der Waals surface area contributed by atoms with Crippen LogP contribution < -0.4 is 21.4 Å². The van der Waals surface area contributed by atoms with Crippen molar-refractivity contribution in [3.63, 3.8) is 0 Å². The Labute approximate surface area is 263 Å².